The number of aliphatic hydroxyl groups is 1. The van der Waals surface area contributed by atoms with Crippen LogP contribution < -0.4 is 0 Å². The lowest BCUT2D eigenvalue weighted by molar-refractivity contribution is 0.0335. The van der Waals surface area contributed by atoms with E-state index in [4.69, 9.17) is 4.74 Å². The van der Waals surface area contributed by atoms with Crippen molar-refractivity contribution in [2.24, 2.45) is 0 Å². The Balaban J connectivity index is 2.61. The number of hydrogen-bond donors (Lipinski definition) is 1. The van der Waals surface area contributed by atoms with E-state index >= 15 is 0 Å². The summed E-state index contributed by atoms with van der Waals surface area (Å²) in [7, 11) is 3.65. The highest BCUT2D eigenvalue weighted by molar-refractivity contribution is 5.18. The molecule has 96 valence electrons. The second-order valence-corrected chi connectivity index (χ2v) is 4.38. The van der Waals surface area contributed by atoms with Crippen molar-refractivity contribution in [1.82, 2.24) is 4.90 Å². The Bertz CT molecular complexity index is 302. The van der Waals surface area contributed by atoms with E-state index in [1.54, 1.807) is 7.11 Å². The Morgan fingerprint density at radius 2 is 1.94 bits per heavy atom. The molecule has 0 fully saturated rings. The third kappa shape index (κ3) is 4.46. The van der Waals surface area contributed by atoms with Gasteiger partial charge >= 0.3 is 0 Å². The fourth-order valence-corrected chi connectivity index (χ4v) is 2.18. The molecule has 0 aliphatic heterocycles. The molecule has 1 aromatic rings. The summed E-state index contributed by atoms with van der Waals surface area (Å²) in [5, 5.41) is 9.74. The highest BCUT2D eigenvalue weighted by Crippen LogP contribution is 2.22. The summed E-state index contributed by atoms with van der Waals surface area (Å²) in [6.45, 7) is 3.17. The van der Waals surface area contributed by atoms with Gasteiger partial charge < -0.3 is 9.84 Å². The number of aliphatic hydroxyl groups excluding tert-OH is 1. The molecule has 0 bridgehead atoms. The quantitative estimate of drug-likeness (QED) is 0.788. The summed E-state index contributed by atoms with van der Waals surface area (Å²) < 4.78 is 4.95. The van der Waals surface area contributed by atoms with Crippen LogP contribution in [0.25, 0.3) is 0 Å². The Hall–Kier alpha value is -0.900. The van der Waals surface area contributed by atoms with Gasteiger partial charge in [0.2, 0.25) is 0 Å². The average Bonchev–Trinajstić information content (AvgIpc) is 2.31. The minimum absolute atomic E-state index is 0.350. The van der Waals surface area contributed by atoms with E-state index in [0.717, 1.165) is 6.42 Å². The van der Waals surface area contributed by atoms with Gasteiger partial charge in [0.25, 0.3) is 0 Å². The first-order valence-corrected chi connectivity index (χ1v) is 6.11. The van der Waals surface area contributed by atoms with Crippen LogP contribution in [0.5, 0.6) is 0 Å². The maximum absolute atomic E-state index is 9.74. The molecule has 0 saturated heterocycles. The third-order valence-electron chi connectivity index (χ3n) is 2.96. The van der Waals surface area contributed by atoms with E-state index in [-0.39, 0.29) is 0 Å². The molecule has 3 heteroatoms. The van der Waals surface area contributed by atoms with Gasteiger partial charge in [-0.2, -0.15) is 0 Å². The maximum Gasteiger partial charge on any atom is 0.0900 e. The predicted octanol–water partition coefficient (Wildman–Crippen LogP) is 2.08. The zero-order chi connectivity index (χ0) is 12.7. The standard InChI is InChI=1S/C14H23NO2/c1-4-14(12-8-6-5-7-9-12)15(2)10-13(16)11-17-3/h5-9,13-14,16H,4,10-11H2,1-3H3/t13-,14+/m1/s1. The summed E-state index contributed by atoms with van der Waals surface area (Å²) >= 11 is 0. The highest BCUT2D eigenvalue weighted by atomic mass is 16.5. The second-order valence-electron chi connectivity index (χ2n) is 4.38. The predicted molar refractivity (Wildman–Crippen MR) is 70.0 cm³/mol. The lowest BCUT2D eigenvalue weighted by Gasteiger charge is -2.29. The molecule has 3 nitrogen and oxygen atoms in total. The molecular weight excluding hydrogens is 214 g/mol. The normalized spacial score (nSPS) is 14.9. The number of methoxy groups -OCH3 is 1. The maximum atomic E-state index is 9.74. The van der Waals surface area contributed by atoms with Crippen LogP contribution in [0.2, 0.25) is 0 Å². The van der Waals surface area contributed by atoms with Crippen molar-refractivity contribution in [3.63, 3.8) is 0 Å². The average molecular weight is 237 g/mol. The first-order valence-electron chi connectivity index (χ1n) is 6.11. The smallest absolute Gasteiger partial charge is 0.0900 e. The molecule has 0 heterocycles. The van der Waals surface area contributed by atoms with Crippen molar-refractivity contribution >= 4 is 0 Å². The van der Waals surface area contributed by atoms with Crippen LogP contribution in [0.4, 0.5) is 0 Å². The van der Waals surface area contributed by atoms with Gasteiger partial charge in [-0.05, 0) is 19.0 Å². The summed E-state index contributed by atoms with van der Waals surface area (Å²) in [5.74, 6) is 0. The second kappa shape index (κ2) is 7.43. The van der Waals surface area contributed by atoms with E-state index in [1.807, 2.05) is 13.1 Å². The molecule has 0 saturated carbocycles. The Morgan fingerprint density at radius 3 is 2.47 bits per heavy atom. The van der Waals surface area contributed by atoms with Crippen molar-refractivity contribution in [3.05, 3.63) is 35.9 Å². The minimum Gasteiger partial charge on any atom is -0.389 e. The van der Waals surface area contributed by atoms with E-state index < -0.39 is 6.10 Å². The molecule has 0 aromatic heterocycles. The van der Waals surface area contributed by atoms with Crippen LogP contribution in [0.15, 0.2) is 30.3 Å². The molecule has 0 spiro atoms. The van der Waals surface area contributed by atoms with E-state index in [1.165, 1.54) is 5.56 Å². The Kier molecular flexibility index (Phi) is 6.19. The van der Waals surface area contributed by atoms with E-state index in [2.05, 4.69) is 36.1 Å². The first kappa shape index (κ1) is 14.2. The Morgan fingerprint density at radius 1 is 1.29 bits per heavy atom. The Labute approximate surface area is 104 Å². The van der Waals surface area contributed by atoms with Gasteiger partial charge in [0.05, 0.1) is 12.7 Å². The van der Waals surface area contributed by atoms with E-state index in [0.29, 0.717) is 19.2 Å². The zero-order valence-corrected chi connectivity index (χ0v) is 11.0. The zero-order valence-electron chi connectivity index (χ0n) is 11.0. The number of nitrogens with zero attached hydrogens (tertiary/aromatic N) is 1. The van der Waals surface area contributed by atoms with Crippen LogP contribution >= 0.6 is 0 Å². The summed E-state index contributed by atoms with van der Waals surface area (Å²) in [5.41, 5.74) is 1.29. The van der Waals surface area contributed by atoms with Crippen molar-refractivity contribution in [2.75, 3.05) is 27.3 Å². The molecule has 2 atom stereocenters. The van der Waals surface area contributed by atoms with Crippen LogP contribution in [-0.4, -0.2) is 43.4 Å². The summed E-state index contributed by atoms with van der Waals surface area (Å²) in [4.78, 5) is 2.18. The molecule has 17 heavy (non-hydrogen) atoms. The molecule has 1 N–H and O–H groups in total. The van der Waals surface area contributed by atoms with Crippen molar-refractivity contribution in [1.29, 1.82) is 0 Å². The molecule has 1 aromatic carbocycles. The van der Waals surface area contributed by atoms with Gasteiger partial charge in [-0.1, -0.05) is 37.3 Å². The topological polar surface area (TPSA) is 32.7 Å². The van der Waals surface area contributed by atoms with Gasteiger partial charge in [-0.15, -0.1) is 0 Å². The monoisotopic (exact) mass is 237 g/mol. The molecular formula is C14H23NO2. The summed E-state index contributed by atoms with van der Waals surface area (Å²) in [6, 6.07) is 10.7. The number of hydrogen-bond acceptors (Lipinski definition) is 3. The van der Waals surface area contributed by atoms with Crippen LogP contribution in [-0.2, 0) is 4.74 Å². The van der Waals surface area contributed by atoms with Gasteiger partial charge in [-0.3, -0.25) is 4.90 Å². The lowest BCUT2D eigenvalue weighted by atomic mass is 10.0. The van der Waals surface area contributed by atoms with Crippen LogP contribution in [0, 0.1) is 0 Å². The van der Waals surface area contributed by atoms with Gasteiger partial charge in [-0.25, -0.2) is 0 Å². The molecule has 1 rings (SSSR count). The summed E-state index contributed by atoms with van der Waals surface area (Å²) in [6.07, 6.45) is 0.600. The lowest BCUT2D eigenvalue weighted by Crippen LogP contribution is -2.34. The van der Waals surface area contributed by atoms with Gasteiger partial charge in [0, 0.05) is 19.7 Å². The molecule has 0 unspecified atom stereocenters. The van der Waals surface area contributed by atoms with Gasteiger partial charge in [0.1, 0.15) is 0 Å². The fraction of sp³-hybridized carbons (Fsp3) is 0.571. The number of rotatable bonds is 7. The van der Waals surface area contributed by atoms with Crippen LogP contribution in [0.3, 0.4) is 0 Å². The minimum atomic E-state index is -0.428. The molecule has 0 amide bonds. The number of likely N-dealkylation sites (N-methyl/N-ethyl adjacent to an activating group) is 1. The first-order chi connectivity index (χ1) is 8.19. The fourth-order valence-electron chi connectivity index (χ4n) is 2.18. The molecule has 0 aliphatic carbocycles. The van der Waals surface area contributed by atoms with Gasteiger partial charge in [0.15, 0.2) is 0 Å². The molecule has 0 aliphatic rings. The number of ether oxygens (including phenoxy) is 1. The highest BCUT2D eigenvalue weighted by Gasteiger charge is 2.17. The molecule has 0 radical (unpaired) electrons. The largest absolute Gasteiger partial charge is 0.389 e. The third-order valence-corrected chi connectivity index (χ3v) is 2.96. The van der Waals surface area contributed by atoms with Crippen LogP contribution in [0.1, 0.15) is 24.9 Å². The van der Waals surface area contributed by atoms with Crippen molar-refractivity contribution in [2.45, 2.75) is 25.5 Å². The van der Waals surface area contributed by atoms with Crippen molar-refractivity contribution in [3.8, 4) is 0 Å². The number of benzene rings is 1. The SMILES string of the molecule is CC[C@@H](c1ccccc1)N(C)C[C@@H](O)COC. The van der Waals surface area contributed by atoms with E-state index in [9.17, 15) is 5.11 Å². The van der Waals surface area contributed by atoms with Crippen molar-refractivity contribution < 1.29 is 9.84 Å².